The number of hydrogen-bond donors (Lipinski definition) is 0. The molecule has 3 rings (SSSR count). The van der Waals surface area contributed by atoms with Crippen LogP contribution in [0.5, 0.6) is 5.88 Å². The number of halogens is 3. The van der Waals surface area contributed by atoms with E-state index in [4.69, 9.17) is 4.74 Å². The van der Waals surface area contributed by atoms with Gasteiger partial charge in [0, 0.05) is 10.9 Å². The van der Waals surface area contributed by atoms with Crippen LogP contribution in [0.4, 0.5) is 13.2 Å². The zero-order valence-corrected chi connectivity index (χ0v) is 11.2. The molecule has 1 aromatic carbocycles. The molecule has 0 amide bonds. The van der Waals surface area contributed by atoms with Crippen LogP contribution in [-0.4, -0.2) is 11.1 Å². The van der Waals surface area contributed by atoms with E-state index in [0.717, 1.165) is 41.5 Å². The molecule has 1 atom stereocenters. The number of pyridine rings is 1. The van der Waals surface area contributed by atoms with Gasteiger partial charge in [-0.3, -0.25) is 0 Å². The molecule has 2 nitrogen and oxygen atoms in total. The van der Waals surface area contributed by atoms with Crippen molar-refractivity contribution in [3.8, 4) is 5.88 Å². The highest BCUT2D eigenvalue weighted by atomic mass is 19.4. The van der Waals surface area contributed by atoms with E-state index >= 15 is 0 Å². The number of benzene rings is 1. The predicted octanol–water partition coefficient (Wildman–Crippen LogP) is 4.28. The molecule has 1 aliphatic rings. The first kappa shape index (κ1) is 13.2. The summed E-state index contributed by atoms with van der Waals surface area (Å²) in [5.74, 6) is 0.480. The quantitative estimate of drug-likeness (QED) is 0.719. The predicted molar refractivity (Wildman–Crippen MR) is 69.9 cm³/mol. The molecule has 1 aromatic heterocycles. The molecule has 2 aromatic rings. The second-order valence-electron chi connectivity index (χ2n) is 5.22. The number of aromatic nitrogens is 1. The summed E-state index contributed by atoms with van der Waals surface area (Å²) in [6.07, 6.45) is -2.54. The number of ether oxygens (including phenoxy) is 1. The fraction of sp³-hybridized carbons (Fsp3) is 0.400. The van der Waals surface area contributed by atoms with E-state index in [2.05, 4.69) is 4.98 Å². The van der Waals surface area contributed by atoms with Crippen molar-refractivity contribution in [2.24, 2.45) is 0 Å². The van der Waals surface area contributed by atoms with Crippen LogP contribution < -0.4 is 4.74 Å². The zero-order chi connectivity index (χ0) is 14.5. The maximum atomic E-state index is 12.8. The third-order valence-corrected chi connectivity index (χ3v) is 3.78. The number of nitrogens with zero attached hydrogens (tertiary/aromatic N) is 1. The Morgan fingerprint density at radius 2 is 2.05 bits per heavy atom. The van der Waals surface area contributed by atoms with Gasteiger partial charge in [-0.05, 0) is 44.4 Å². The van der Waals surface area contributed by atoms with Gasteiger partial charge in [-0.25, -0.2) is 4.98 Å². The summed E-state index contributed by atoms with van der Waals surface area (Å²) in [4.78, 5) is 4.28. The molecule has 0 aliphatic carbocycles. The molecular weight excluding hydrogens is 267 g/mol. The Labute approximate surface area is 114 Å². The van der Waals surface area contributed by atoms with Crippen molar-refractivity contribution < 1.29 is 17.9 Å². The maximum absolute atomic E-state index is 12.8. The summed E-state index contributed by atoms with van der Waals surface area (Å²) in [5.41, 5.74) is 1.63. The molecule has 0 bridgehead atoms. The molecule has 0 radical (unpaired) electrons. The monoisotopic (exact) mass is 281 g/mol. The Hall–Kier alpha value is -1.78. The molecule has 2 heterocycles. The van der Waals surface area contributed by atoms with Crippen LogP contribution in [-0.2, 0) is 12.6 Å². The first-order valence-electron chi connectivity index (χ1n) is 6.53. The van der Waals surface area contributed by atoms with E-state index in [1.54, 1.807) is 0 Å². The molecule has 0 spiro atoms. The fourth-order valence-electron chi connectivity index (χ4n) is 2.61. The Morgan fingerprint density at radius 1 is 1.30 bits per heavy atom. The number of aryl methyl sites for hydroxylation is 1. The summed E-state index contributed by atoms with van der Waals surface area (Å²) < 4.78 is 43.9. The largest absolute Gasteiger partial charge is 0.474 e. The second-order valence-corrected chi connectivity index (χ2v) is 5.22. The van der Waals surface area contributed by atoms with Gasteiger partial charge in [-0.1, -0.05) is 6.07 Å². The Bertz CT molecular complexity index is 679. The molecule has 0 N–H and O–H groups in total. The summed E-state index contributed by atoms with van der Waals surface area (Å²) in [6, 6.07) is 3.69. The van der Waals surface area contributed by atoms with E-state index in [-0.39, 0.29) is 6.10 Å². The highest BCUT2D eigenvalue weighted by Gasteiger charge is 2.31. The Kier molecular flexibility index (Phi) is 2.88. The van der Waals surface area contributed by atoms with Crippen LogP contribution in [0, 0.1) is 6.92 Å². The van der Waals surface area contributed by atoms with Gasteiger partial charge >= 0.3 is 6.18 Å². The average Bonchev–Trinajstić information content (AvgIpc) is 2.37. The van der Waals surface area contributed by atoms with Gasteiger partial charge in [0.2, 0.25) is 5.88 Å². The summed E-state index contributed by atoms with van der Waals surface area (Å²) in [7, 11) is 0. The average molecular weight is 281 g/mol. The normalized spacial score (nSPS) is 18.8. The van der Waals surface area contributed by atoms with E-state index in [1.807, 2.05) is 13.8 Å². The van der Waals surface area contributed by atoms with Crippen LogP contribution in [0.25, 0.3) is 10.9 Å². The van der Waals surface area contributed by atoms with Crippen molar-refractivity contribution in [1.29, 1.82) is 0 Å². The van der Waals surface area contributed by atoms with Crippen molar-refractivity contribution >= 4 is 10.9 Å². The topological polar surface area (TPSA) is 22.1 Å². The van der Waals surface area contributed by atoms with Crippen LogP contribution in [0.1, 0.15) is 30.0 Å². The summed E-state index contributed by atoms with van der Waals surface area (Å²) >= 11 is 0. The lowest BCUT2D eigenvalue weighted by molar-refractivity contribution is -0.137. The van der Waals surface area contributed by atoms with Crippen molar-refractivity contribution in [2.45, 2.75) is 39.0 Å². The lowest BCUT2D eigenvalue weighted by Crippen LogP contribution is -2.20. The van der Waals surface area contributed by atoms with Gasteiger partial charge < -0.3 is 4.74 Å². The highest BCUT2D eigenvalue weighted by molar-refractivity contribution is 5.85. The van der Waals surface area contributed by atoms with Gasteiger partial charge in [0.1, 0.15) is 0 Å². The number of fused-ring (bicyclic) bond motifs is 2. The van der Waals surface area contributed by atoms with Crippen molar-refractivity contribution in [1.82, 2.24) is 4.98 Å². The van der Waals surface area contributed by atoms with Crippen molar-refractivity contribution in [3.05, 3.63) is 34.9 Å². The Morgan fingerprint density at radius 3 is 2.75 bits per heavy atom. The zero-order valence-electron chi connectivity index (χ0n) is 11.2. The summed E-state index contributed by atoms with van der Waals surface area (Å²) in [5, 5.41) is 0.759. The molecule has 0 saturated carbocycles. The van der Waals surface area contributed by atoms with E-state index in [0.29, 0.717) is 11.4 Å². The first-order valence-corrected chi connectivity index (χ1v) is 6.53. The number of rotatable bonds is 0. The molecule has 20 heavy (non-hydrogen) atoms. The lowest BCUT2D eigenvalue weighted by atomic mass is 9.97. The van der Waals surface area contributed by atoms with Gasteiger partial charge in [-0.15, -0.1) is 0 Å². The Balaban J connectivity index is 2.21. The second kappa shape index (κ2) is 4.36. The van der Waals surface area contributed by atoms with Gasteiger partial charge in [0.05, 0.1) is 17.2 Å². The standard InChI is InChI=1S/C15H14F3NO/c1-8-3-5-12-9(2)11-6-4-10(15(16,17)18)7-13(11)19-14(12)20-8/h4,6-8H,3,5H2,1-2H3. The van der Waals surface area contributed by atoms with Crippen LogP contribution in [0.2, 0.25) is 0 Å². The lowest BCUT2D eigenvalue weighted by Gasteiger charge is -2.24. The molecule has 106 valence electrons. The molecule has 5 heteroatoms. The highest BCUT2D eigenvalue weighted by Crippen LogP contribution is 2.36. The molecule has 1 unspecified atom stereocenters. The molecular formula is C15H14F3NO. The van der Waals surface area contributed by atoms with Gasteiger partial charge in [-0.2, -0.15) is 13.2 Å². The fourth-order valence-corrected chi connectivity index (χ4v) is 2.61. The minimum absolute atomic E-state index is 0.0534. The van der Waals surface area contributed by atoms with Gasteiger partial charge in [0.25, 0.3) is 0 Å². The minimum Gasteiger partial charge on any atom is -0.474 e. The third-order valence-electron chi connectivity index (χ3n) is 3.78. The molecule has 1 aliphatic heterocycles. The summed E-state index contributed by atoms with van der Waals surface area (Å²) in [6.45, 7) is 3.85. The van der Waals surface area contributed by atoms with Crippen LogP contribution >= 0.6 is 0 Å². The number of hydrogen-bond acceptors (Lipinski definition) is 2. The van der Waals surface area contributed by atoms with E-state index in [1.165, 1.54) is 6.07 Å². The smallest absolute Gasteiger partial charge is 0.416 e. The van der Waals surface area contributed by atoms with E-state index < -0.39 is 11.7 Å². The van der Waals surface area contributed by atoms with Crippen LogP contribution in [0.3, 0.4) is 0 Å². The number of alkyl halides is 3. The minimum atomic E-state index is -4.35. The van der Waals surface area contributed by atoms with Gasteiger partial charge in [0.15, 0.2) is 0 Å². The van der Waals surface area contributed by atoms with Crippen LogP contribution in [0.15, 0.2) is 18.2 Å². The molecule has 0 fully saturated rings. The third kappa shape index (κ3) is 2.11. The SMILES string of the molecule is Cc1c2c(nc3cc(C(F)(F)F)ccc13)OC(C)CC2. The van der Waals surface area contributed by atoms with E-state index in [9.17, 15) is 13.2 Å². The van der Waals surface area contributed by atoms with Crippen molar-refractivity contribution in [2.75, 3.05) is 0 Å². The first-order chi connectivity index (χ1) is 9.36. The molecule has 0 saturated heterocycles. The maximum Gasteiger partial charge on any atom is 0.416 e. The van der Waals surface area contributed by atoms with Crippen molar-refractivity contribution in [3.63, 3.8) is 0 Å².